The zero-order chi connectivity index (χ0) is 19.2. The summed E-state index contributed by atoms with van der Waals surface area (Å²) in [5, 5.41) is 7.48. The third kappa shape index (κ3) is 5.64. The zero-order valence-corrected chi connectivity index (χ0v) is 16.7. The molecule has 0 saturated carbocycles. The first kappa shape index (κ1) is 21.8. The van der Waals surface area contributed by atoms with E-state index in [9.17, 15) is 4.79 Å². The molecule has 1 amide bonds. The first-order valence-electron chi connectivity index (χ1n) is 8.61. The molecule has 25 heavy (non-hydrogen) atoms. The van der Waals surface area contributed by atoms with Crippen molar-refractivity contribution < 1.29 is 23.8 Å². The summed E-state index contributed by atoms with van der Waals surface area (Å²) in [7, 11) is 8.29. The van der Waals surface area contributed by atoms with E-state index < -0.39 is 24.1 Å². The Kier molecular flexibility index (Phi) is 8.27. The summed E-state index contributed by atoms with van der Waals surface area (Å²) in [6.07, 6.45) is 0.492. The third-order valence-electron chi connectivity index (χ3n) is 4.42. The molecule has 1 rings (SSSR count). The van der Waals surface area contributed by atoms with Gasteiger partial charge in [-0.3, -0.25) is 9.63 Å². The Morgan fingerprint density at radius 3 is 2.48 bits per heavy atom. The lowest BCUT2D eigenvalue weighted by atomic mass is 9.94. The first-order valence-corrected chi connectivity index (χ1v) is 8.61. The molecule has 0 aromatic rings. The van der Waals surface area contributed by atoms with Gasteiger partial charge in [-0.2, -0.15) is 5.10 Å². The molecule has 4 atom stereocenters. The van der Waals surface area contributed by atoms with Crippen molar-refractivity contribution >= 4 is 11.6 Å². The molecule has 8 nitrogen and oxygen atoms in total. The number of likely N-dealkylation sites (N-methyl/N-ethyl adjacent to an activating group) is 1. The van der Waals surface area contributed by atoms with Gasteiger partial charge in [0.2, 0.25) is 0 Å². The lowest BCUT2D eigenvalue weighted by Crippen LogP contribution is -2.47. The zero-order valence-electron chi connectivity index (χ0n) is 16.7. The molecular weight excluding hydrogens is 326 g/mol. The summed E-state index contributed by atoms with van der Waals surface area (Å²) in [6, 6.07) is 0. The molecule has 0 bridgehead atoms. The molecule has 1 fully saturated rings. The molecule has 0 spiro atoms. The van der Waals surface area contributed by atoms with E-state index in [1.165, 1.54) is 14.2 Å². The SMILES string of the molecule is CC/C(=N\N(C)C)[C@]1(C)CCC([C@@H](OC(C)OC)C(=O)N(C)OC)O1. The van der Waals surface area contributed by atoms with Crippen LogP contribution in [0.25, 0.3) is 0 Å². The van der Waals surface area contributed by atoms with Crippen LogP contribution in [-0.4, -0.2) is 81.2 Å². The second-order valence-corrected chi connectivity index (χ2v) is 6.55. The lowest BCUT2D eigenvalue weighted by Gasteiger charge is -2.31. The van der Waals surface area contributed by atoms with Crippen molar-refractivity contribution in [2.24, 2.45) is 5.10 Å². The van der Waals surface area contributed by atoms with Crippen molar-refractivity contribution in [2.45, 2.75) is 64.1 Å². The number of hydrazone groups is 1. The Labute approximate surface area is 151 Å². The van der Waals surface area contributed by atoms with Gasteiger partial charge in [0.25, 0.3) is 5.91 Å². The van der Waals surface area contributed by atoms with E-state index in [1.807, 2.05) is 21.0 Å². The average Bonchev–Trinajstić information content (AvgIpc) is 2.98. The second kappa shape index (κ2) is 9.47. The summed E-state index contributed by atoms with van der Waals surface area (Å²) >= 11 is 0. The van der Waals surface area contributed by atoms with Gasteiger partial charge in [0.1, 0.15) is 5.60 Å². The summed E-state index contributed by atoms with van der Waals surface area (Å²) in [6.45, 7) is 5.81. The Hall–Kier alpha value is -1.22. The van der Waals surface area contributed by atoms with Crippen LogP contribution in [0.2, 0.25) is 0 Å². The predicted octanol–water partition coefficient (Wildman–Crippen LogP) is 1.65. The molecule has 0 aliphatic carbocycles. The minimum atomic E-state index is -0.806. The number of ether oxygens (including phenoxy) is 3. The van der Waals surface area contributed by atoms with Crippen molar-refractivity contribution in [3.8, 4) is 0 Å². The largest absolute Gasteiger partial charge is 0.363 e. The van der Waals surface area contributed by atoms with E-state index in [0.717, 1.165) is 23.6 Å². The molecule has 0 radical (unpaired) electrons. The third-order valence-corrected chi connectivity index (χ3v) is 4.42. The maximum absolute atomic E-state index is 12.6. The van der Waals surface area contributed by atoms with Crippen LogP contribution >= 0.6 is 0 Å². The van der Waals surface area contributed by atoms with E-state index in [1.54, 1.807) is 19.0 Å². The van der Waals surface area contributed by atoms with Gasteiger partial charge in [-0.1, -0.05) is 6.92 Å². The van der Waals surface area contributed by atoms with Gasteiger partial charge in [-0.05, 0) is 33.1 Å². The van der Waals surface area contributed by atoms with Crippen molar-refractivity contribution in [1.29, 1.82) is 0 Å². The van der Waals surface area contributed by atoms with Crippen LogP contribution in [0.5, 0.6) is 0 Å². The highest BCUT2D eigenvalue weighted by molar-refractivity contribution is 5.92. The number of carbonyl (C=O) groups excluding carboxylic acids is 1. The van der Waals surface area contributed by atoms with Gasteiger partial charge in [-0.15, -0.1) is 0 Å². The first-order chi connectivity index (χ1) is 11.7. The topological polar surface area (TPSA) is 72.8 Å². The van der Waals surface area contributed by atoms with Crippen molar-refractivity contribution in [3.05, 3.63) is 0 Å². The van der Waals surface area contributed by atoms with Gasteiger partial charge in [0.15, 0.2) is 12.4 Å². The Morgan fingerprint density at radius 2 is 2.00 bits per heavy atom. The van der Waals surface area contributed by atoms with Gasteiger partial charge >= 0.3 is 0 Å². The molecule has 0 N–H and O–H groups in total. The fraction of sp³-hybridized carbons (Fsp3) is 0.882. The summed E-state index contributed by atoms with van der Waals surface area (Å²) in [5.41, 5.74) is 0.430. The molecule has 2 unspecified atom stereocenters. The quantitative estimate of drug-likeness (QED) is 0.354. The highest BCUT2D eigenvalue weighted by atomic mass is 16.7. The minimum Gasteiger partial charge on any atom is -0.363 e. The van der Waals surface area contributed by atoms with Gasteiger partial charge in [0.05, 0.1) is 18.9 Å². The van der Waals surface area contributed by atoms with Crippen LogP contribution in [-0.2, 0) is 23.8 Å². The van der Waals surface area contributed by atoms with E-state index in [2.05, 4.69) is 12.0 Å². The highest BCUT2D eigenvalue weighted by Crippen LogP contribution is 2.35. The van der Waals surface area contributed by atoms with Gasteiger partial charge < -0.3 is 19.2 Å². The minimum absolute atomic E-state index is 0.303. The standard InChI is InChI=1S/C17H33N3O5/c1-9-14(18-19(4)5)17(3)11-10-13(25-17)15(24-12(2)22-7)16(21)20(6)23-8/h12-13,15H,9-11H2,1-8H3/b18-14+/t12?,13?,15-,17+/m1/s1. The molecule has 1 saturated heterocycles. The highest BCUT2D eigenvalue weighted by Gasteiger charge is 2.46. The number of hydroxylamine groups is 2. The van der Waals surface area contributed by atoms with E-state index >= 15 is 0 Å². The molecule has 0 aromatic carbocycles. The fourth-order valence-corrected chi connectivity index (χ4v) is 2.92. The Balaban J connectivity index is 3.00. The number of carbonyl (C=O) groups is 1. The molecule has 8 heteroatoms. The van der Waals surface area contributed by atoms with E-state index in [4.69, 9.17) is 19.0 Å². The van der Waals surface area contributed by atoms with Crippen LogP contribution in [0, 0.1) is 0 Å². The molecular formula is C17H33N3O5. The molecule has 0 aromatic heterocycles. The number of rotatable bonds is 9. The maximum atomic E-state index is 12.6. The van der Waals surface area contributed by atoms with Crippen LogP contribution in [0.4, 0.5) is 0 Å². The van der Waals surface area contributed by atoms with Gasteiger partial charge in [-0.25, -0.2) is 5.06 Å². The number of nitrogens with zero attached hydrogens (tertiary/aromatic N) is 3. The normalized spacial score (nSPS) is 26.4. The number of amides is 1. The summed E-state index contributed by atoms with van der Waals surface area (Å²) in [4.78, 5) is 17.7. The summed E-state index contributed by atoms with van der Waals surface area (Å²) < 4.78 is 17.2. The van der Waals surface area contributed by atoms with Crippen LogP contribution < -0.4 is 0 Å². The molecule has 1 aliphatic rings. The number of hydrogen-bond acceptors (Lipinski definition) is 7. The smallest absolute Gasteiger partial charge is 0.277 e. The van der Waals surface area contributed by atoms with Gasteiger partial charge in [0, 0.05) is 28.3 Å². The van der Waals surface area contributed by atoms with E-state index in [-0.39, 0.29) is 5.91 Å². The fourth-order valence-electron chi connectivity index (χ4n) is 2.92. The Bertz CT molecular complexity index is 471. The average molecular weight is 359 g/mol. The summed E-state index contributed by atoms with van der Waals surface area (Å²) in [5.74, 6) is -0.303. The van der Waals surface area contributed by atoms with Crippen LogP contribution in [0.15, 0.2) is 5.10 Å². The molecule has 146 valence electrons. The number of methoxy groups -OCH3 is 1. The van der Waals surface area contributed by atoms with Crippen molar-refractivity contribution in [3.63, 3.8) is 0 Å². The maximum Gasteiger partial charge on any atom is 0.277 e. The van der Waals surface area contributed by atoms with Crippen LogP contribution in [0.3, 0.4) is 0 Å². The van der Waals surface area contributed by atoms with Crippen molar-refractivity contribution in [1.82, 2.24) is 10.1 Å². The van der Waals surface area contributed by atoms with E-state index in [0.29, 0.717) is 6.42 Å². The molecule has 1 aliphatic heterocycles. The lowest BCUT2D eigenvalue weighted by molar-refractivity contribution is -0.214. The van der Waals surface area contributed by atoms with Crippen LogP contribution in [0.1, 0.15) is 40.0 Å². The number of hydrogen-bond donors (Lipinski definition) is 0. The second-order valence-electron chi connectivity index (χ2n) is 6.55. The Morgan fingerprint density at radius 1 is 1.36 bits per heavy atom. The monoisotopic (exact) mass is 359 g/mol. The predicted molar refractivity (Wildman–Crippen MR) is 95.0 cm³/mol. The van der Waals surface area contributed by atoms with Crippen molar-refractivity contribution in [2.75, 3.05) is 35.4 Å². The molecule has 1 heterocycles.